The predicted molar refractivity (Wildman–Crippen MR) is 67.5 cm³/mol. The van der Waals surface area contributed by atoms with Gasteiger partial charge in [-0.3, -0.25) is 4.90 Å². The fraction of sp³-hybridized carbons (Fsp3) is 1.00. The molecule has 0 aromatic carbocycles. The van der Waals surface area contributed by atoms with Crippen LogP contribution in [0.5, 0.6) is 0 Å². The number of rotatable bonds is 1. The molecule has 0 amide bonds. The van der Waals surface area contributed by atoms with E-state index in [-0.39, 0.29) is 0 Å². The first-order valence-corrected chi connectivity index (χ1v) is 7.40. The quantitative estimate of drug-likeness (QED) is 0.732. The van der Waals surface area contributed by atoms with Gasteiger partial charge >= 0.3 is 0 Å². The van der Waals surface area contributed by atoms with Gasteiger partial charge in [-0.15, -0.1) is 0 Å². The molecule has 1 N–H and O–H groups in total. The molecule has 2 heteroatoms. The molecular weight excluding hydrogens is 196 g/mol. The Labute approximate surface area is 99.8 Å². The van der Waals surface area contributed by atoms with Gasteiger partial charge in [0.05, 0.1) is 0 Å². The van der Waals surface area contributed by atoms with Gasteiger partial charge in [0.1, 0.15) is 0 Å². The minimum absolute atomic E-state index is 0.929. The van der Waals surface area contributed by atoms with Gasteiger partial charge in [-0.05, 0) is 37.8 Å². The predicted octanol–water partition coefficient (Wildman–Crippen LogP) is 2.25. The zero-order valence-corrected chi connectivity index (χ0v) is 10.5. The van der Waals surface area contributed by atoms with Crippen LogP contribution in [0.2, 0.25) is 0 Å². The minimum Gasteiger partial charge on any atom is -0.315 e. The van der Waals surface area contributed by atoms with Crippen molar-refractivity contribution >= 4 is 0 Å². The zero-order chi connectivity index (χ0) is 10.8. The van der Waals surface area contributed by atoms with Crippen LogP contribution in [0.3, 0.4) is 0 Å². The highest BCUT2D eigenvalue weighted by molar-refractivity contribution is 4.92. The van der Waals surface area contributed by atoms with Crippen LogP contribution in [0.4, 0.5) is 0 Å². The molecule has 3 rings (SSSR count). The van der Waals surface area contributed by atoms with Crippen LogP contribution in [-0.4, -0.2) is 37.1 Å². The standard InChI is InChI=1S/C14H26N2/c1-2-5-12(6-3-1)13-11-15-8-10-16-9-4-7-14(13)16/h12-15H,1-11H2. The van der Waals surface area contributed by atoms with Gasteiger partial charge in [0.25, 0.3) is 0 Å². The first-order chi connectivity index (χ1) is 7.95. The Morgan fingerprint density at radius 1 is 0.875 bits per heavy atom. The van der Waals surface area contributed by atoms with E-state index in [1.54, 1.807) is 0 Å². The van der Waals surface area contributed by atoms with Crippen molar-refractivity contribution in [2.75, 3.05) is 26.2 Å². The van der Waals surface area contributed by atoms with Crippen molar-refractivity contribution in [2.24, 2.45) is 11.8 Å². The molecule has 2 nitrogen and oxygen atoms in total. The Morgan fingerprint density at radius 2 is 1.75 bits per heavy atom. The summed E-state index contributed by atoms with van der Waals surface area (Å²) in [6.45, 7) is 5.19. The number of hydrogen-bond acceptors (Lipinski definition) is 2. The van der Waals surface area contributed by atoms with Crippen LogP contribution in [0.1, 0.15) is 44.9 Å². The molecule has 0 aromatic rings. The second-order valence-electron chi connectivity index (χ2n) is 6.01. The third kappa shape index (κ3) is 2.14. The molecule has 3 aliphatic rings. The molecule has 3 fully saturated rings. The van der Waals surface area contributed by atoms with Crippen molar-refractivity contribution in [3.63, 3.8) is 0 Å². The molecule has 1 aliphatic carbocycles. The SMILES string of the molecule is C1CCC(C2CNCCN3CCCC23)CC1. The smallest absolute Gasteiger partial charge is 0.0139 e. The minimum atomic E-state index is 0.929. The Morgan fingerprint density at radius 3 is 2.62 bits per heavy atom. The van der Waals surface area contributed by atoms with Crippen molar-refractivity contribution in [3.05, 3.63) is 0 Å². The number of fused-ring (bicyclic) bond motifs is 1. The van der Waals surface area contributed by atoms with E-state index in [0.717, 1.165) is 17.9 Å². The van der Waals surface area contributed by atoms with Gasteiger partial charge in [0, 0.05) is 19.1 Å². The monoisotopic (exact) mass is 222 g/mol. The number of nitrogens with zero attached hydrogens (tertiary/aromatic N) is 1. The largest absolute Gasteiger partial charge is 0.315 e. The second-order valence-corrected chi connectivity index (χ2v) is 6.01. The number of hydrogen-bond donors (Lipinski definition) is 1. The van der Waals surface area contributed by atoms with E-state index in [1.165, 1.54) is 71.1 Å². The second kappa shape index (κ2) is 5.05. The maximum absolute atomic E-state index is 3.68. The van der Waals surface area contributed by atoms with Crippen molar-refractivity contribution in [2.45, 2.75) is 51.0 Å². The lowest BCUT2D eigenvalue weighted by Crippen LogP contribution is -2.40. The fourth-order valence-corrected chi connectivity index (χ4v) is 4.28. The van der Waals surface area contributed by atoms with Crippen LogP contribution >= 0.6 is 0 Å². The summed E-state index contributed by atoms with van der Waals surface area (Å²) in [4.78, 5) is 2.78. The number of nitrogens with one attached hydrogen (secondary N) is 1. The Hall–Kier alpha value is -0.0800. The van der Waals surface area contributed by atoms with Gasteiger partial charge < -0.3 is 5.32 Å². The van der Waals surface area contributed by atoms with Crippen LogP contribution in [0.15, 0.2) is 0 Å². The van der Waals surface area contributed by atoms with E-state index in [1.807, 2.05) is 0 Å². The average molecular weight is 222 g/mol. The van der Waals surface area contributed by atoms with E-state index in [4.69, 9.17) is 0 Å². The molecule has 0 aromatic heterocycles. The van der Waals surface area contributed by atoms with Gasteiger partial charge in [-0.1, -0.05) is 32.1 Å². The highest BCUT2D eigenvalue weighted by Crippen LogP contribution is 2.37. The molecule has 1 saturated carbocycles. The Bertz CT molecular complexity index is 223. The first-order valence-electron chi connectivity index (χ1n) is 7.40. The summed E-state index contributed by atoms with van der Waals surface area (Å²) < 4.78 is 0. The molecule has 2 unspecified atom stereocenters. The summed E-state index contributed by atoms with van der Waals surface area (Å²) >= 11 is 0. The van der Waals surface area contributed by atoms with E-state index in [2.05, 4.69) is 10.2 Å². The Kier molecular flexibility index (Phi) is 3.49. The summed E-state index contributed by atoms with van der Waals surface area (Å²) in [6, 6.07) is 0.929. The normalized spacial score (nSPS) is 38.2. The fourth-order valence-electron chi connectivity index (χ4n) is 4.28. The van der Waals surface area contributed by atoms with Crippen molar-refractivity contribution in [1.29, 1.82) is 0 Å². The zero-order valence-electron chi connectivity index (χ0n) is 10.5. The molecule has 16 heavy (non-hydrogen) atoms. The maximum Gasteiger partial charge on any atom is 0.0139 e. The van der Waals surface area contributed by atoms with Crippen LogP contribution in [0.25, 0.3) is 0 Å². The van der Waals surface area contributed by atoms with Crippen molar-refractivity contribution in [3.8, 4) is 0 Å². The third-order valence-electron chi connectivity index (χ3n) is 5.12. The maximum atomic E-state index is 3.68. The molecule has 2 atom stereocenters. The van der Waals surface area contributed by atoms with Crippen LogP contribution in [-0.2, 0) is 0 Å². The van der Waals surface area contributed by atoms with Crippen molar-refractivity contribution < 1.29 is 0 Å². The van der Waals surface area contributed by atoms with Gasteiger partial charge in [0.2, 0.25) is 0 Å². The van der Waals surface area contributed by atoms with Crippen molar-refractivity contribution in [1.82, 2.24) is 10.2 Å². The van der Waals surface area contributed by atoms with Crippen LogP contribution < -0.4 is 5.32 Å². The summed E-state index contributed by atoms with van der Waals surface area (Å²) in [6.07, 6.45) is 10.4. The summed E-state index contributed by atoms with van der Waals surface area (Å²) in [5.41, 5.74) is 0. The highest BCUT2D eigenvalue weighted by atomic mass is 15.2. The summed E-state index contributed by atoms with van der Waals surface area (Å²) in [7, 11) is 0. The average Bonchev–Trinajstić information content (AvgIpc) is 2.70. The van der Waals surface area contributed by atoms with E-state index in [9.17, 15) is 0 Å². The molecule has 0 spiro atoms. The molecule has 0 bridgehead atoms. The molecule has 0 radical (unpaired) electrons. The molecule has 2 heterocycles. The molecule has 92 valence electrons. The van der Waals surface area contributed by atoms with Gasteiger partial charge in [-0.2, -0.15) is 0 Å². The van der Waals surface area contributed by atoms with Gasteiger partial charge in [0.15, 0.2) is 0 Å². The summed E-state index contributed by atoms with van der Waals surface area (Å²) in [5.74, 6) is 2.00. The molecular formula is C14H26N2. The van der Waals surface area contributed by atoms with E-state index >= 15 is 0 Å². The topological polar surface area (TPSA) is 15.3 Å². The van der Waals surface area contributed by atoms with E-state index < -0.39 is 0 Å². The first kappa shape index (κ1) is 11.0. The highest BCUT2D eigenvalue weighted by Gasteiger charge is 2.37. The molecule has 2 saturated heterocycles. The lowest BCUT2D eigenvalue weighted by atomic mass is 9.76. The van der Waals surface area contributed by atoms with Gasteiger partial charge in [-0.25, -0.2) is 0 Å². The van der Waals surface area contributed by atoms with E-state index in [0.29, 0.717) is 0 Å². The summed E-state index contributed by atoms with van der Waals surface area (Å²) in [5, 5.41) is 3.68. The lowest BCUT2D eigenvalue weighted by molar-refractivity contribution is 0.141. The van der Waals surface area contributed by atoms with Crippen LogP contribution in [0, 0.1) is 11.8 Å². The molecule has 2 aliphatic heterocycles. The Balaban J connectivity index is 1.70. The third-order valence-corrected chi connectivity index (χ3v) is 5.12. The lowest BCUT2D eigenvalue weighted by Gasteiger charge is -2.36.